The van der Waals surface area contributed by atoms with Gasteiger partial charge in [-0.25, -0.2) is 0 Å². The molecule has 0 aromatic heterocycles. The molecule has 2 fully saturated rings. The van der Waals surface area contributed by atoms with Crippen LogP contribution in [-0.4, -0.2) is 30.3 Å². The van der Waals surface area contributed by atoms with E-state index in [1.165, 1.54) is 0 Å². The molecule has 0 spiro atoms. The topological polar surface area (TPSA) is 78.5 Å². The molecule has 2 N–H and O–H groups in total. The molecule has 28 heavy (non-hydrogen) atoms. The first kappa shape index (κ1) is 18.5. The number of benzene rings is 2. The van der Waals surface area contributed by atoms with E-state index < -0.39 is 5.92 Å². The quantitative estimate of drug-likeness (QED) is 0.813. The molecule has 0 radical (unpaired) electrons. The van der Waals surface area contributed by atoms with Crippen LogP contribution in [0, 0.1) is 5.92 Å². The molecule has 1 atom stereocenters. The lowest BCUT2D eigenvalue weighted by molar-refractivity contribution is -0.122. The maximum atomic E-state index is 12.8. The number of amides is 3. The lowest BCUT2D eigenvalue weighted by Crippen LogP contribution is -2.30. The Morgan fingerprint density at radius 2 is 1.75 bits per heavy atom. The number of nitrogens with one attached hydrogen (secondary N) is 2. The van der Waals surface area contributed by atoms with E-state index in [0.717, 1.165) is 12.8 Å². The standard InChI is InChI=1S/C21H20ClN3O3/c22-14-5-9-16(10-6-14)25-12-13(11-19(25)26)20(27)24-18-4-2-1-3-17(18)21(28)23-15-7-8-15/h1-6,9-10,13,15H,7-8,11-12H2,(H,23,28)(H,24,27)/t13-/m0/s1. The van der Waals surface area contributed by atoms with Crippen LogP contribution in [0.1, 0.15) is 29.6 Å². The van der Waals surface area contributed by atoms with Gasteiger partial charge in [0, 0.05) is 29.7 Å². The third kappa shape index (κ3) is 4.02. The molecular weight excluding hydrogens is 378 g/mol. The maximum absolute atomic E-state index is 12.8. The number of carbonyl (C=O) groups is 3. The number of halogens is 1. The van der Waals surface area contributed by atoms with Crippen molar-refractivity contribution in [1.29, 1.82) is 0 Å². The van der Waals surface area contributed by atoms with Crippen molar-refractivity contribution in [2.75, 3.05) is 16.8 Å². The fraction of sp³-hybridized carbons (Fsp3) is 0.286. The van der Waals surface area contributed by atoms with Gasteiger partial charge in [-0.2, -0.15) is 0 Å². The molecule has 0 unspecified atom stereocenters. The van der Waals surface area contributed by atoms with Gasteiger partial charge in [0.15, 0.2) is 0 Å². The second-order valence-corrected chi connectivity index (χ2v) is 7.60. The molecular formula is C21H20ClN3O3. The van der Waals surface area contributed by atoms with Crippen molar-refractivity contribution in [3.05, 3.63) is 59.1 Å². The van der Waals surface area contributed by atoms with Gasteiger partial charge in [-0.05, 0) is 49.2 Å². The molecule has 2 aromatic carbocycles. The van der Waals surface area contributed by atoms with Crippen molar-refractivity contribution in [3.63, 3.8) is 0 Å². The van der Waals surface area contributed by atoms with Gasteiger partial charge in [-0.1, -0.05) is 23.7 Å². The minimum Gasteiger partial charge on any atom is -0.349 e. The third-order valence-corrected chi connectivity index (χ3v) is 5.23. The molecule has 2 aromatic rings. The predicted octanol–water partition coefficient (Wildman–Crippen LogP) is 3.22. The number of nitrogens with zero attached hydrogens (tertiary/aromatic N) is 1. The summed E-state index contributed by atoms with van der Waals surface area (Å²) in [7, 11) is 0. The first-order chi connectivity index (χ1) is 13.5. The Morgan fingerprint density at radius 3 is 2.46 bits per heavy atom. The average molecular weight is 398 g/mol. The highest BCUT2D eigenvalue weighted by Crippen LogP contribution is 2.28. The molecule has 144 valence electrons. The lowest BCUT2D eigenvalue weighted by Gasteiger charge is -2.17. The molecule has 1 aliphatic carbocycles. The molecule has 1 aliphatic heterocycles. The van der Waals surface area contributed by atoms with Crippen LogP contribution in [0.3, 0.4) is 0 Å². The normalized spacial score (nSPS) is 18.8. The predicted molar refractivity (Wildman–Crippen MR) is 107 cm³/mol. The van der Waals surface area contributed by atoms with Gasteiger partial charge in [0.05, 0.1) is 17.2 Å². The second kappa shape index (κ2) is 7.64. The Kier molecular flexibility index (Phi) is 5.05. The molecule has 1 saturated carbocycles. The van der Waals surface area contributed by atoms with E-state index >= 15 is 0 Å². The summed E-state index contributed by atoms with van der Waals surface area (Å²) >= 11 is 5.90. The summed E-state index contributed by atoms with van der Waals surface area (Å²) in [6.45, 7) is 0.294. The number of hydrogen-bond acceptors (Lipinski definition) is 3. The van der Waals surface area contributed by atoms with Crippen molar-refractivity contribution in [1.82, 2.24) is 5.32 Å². The first-order valence-corrected chi connectivity index (χ1v) is 9.66. The Morgan fingerprint density at radius 1 is 1.04 bits per heavy atom. The van der Waals surface area contributed by atoms with E-state index in [4.69, 9.17) is 11.6 Å². The van der Waals surface area contributed by atoms with Gasteiger partial charge in [-0.15, -0.1) is 0 Å². The Balaban J connectivity index is 1.45. The molecule has 3 amide bonds. The van der Waals surface area contributed by atoms with Crippen molar-refractivity contribution >= 4 is 40.7 Å². The maximum Gasteiger partial charge on any atom is 0.253 e. The van der Waals surface area contributed by atoms with E-state index in [9.17, 15) is 14.4 Å². The summed E-state index contributed by atoms with van der Waals surface area (Å²) in [4.78, 5) is 39.1. The van der Waals surface area contributed by atoms with Crippen LogP contribution >= 0.6 is 11.6 Å². The summed E-state index contributed by atoms with van der Waals surface area (Å²) in [6, 6.07) is 14.1. The number of anilines is 2. The molecule has 0 bridgehead atoms. The lowest BCUT2D eigenvalue weighted by atomic mass is 10.1. The zero-order valence-corrected chi connectivity index (χ0v) is 15.9. The average Bonchev–Trinajstić information content (AvgIpc) is 3.41. The molecule has 6 nitrogen and oxygen atoms in total. The van der Waals surface area contributed by atoms with Crippen LogP contribution in [0.4, 0.5) is 11.4 Å². The number of para-hydroxylation sites is 1. The van der Waals surface area contributed by atoms with Gasteiger partial charge in [0.25, 0.3) is 5.91 Å². The van der Waals surface area contributed by atoms with Crippen LogP contribution in [0.15, 0.2) is 48.5 Å². The van der Waals surface area contributed by atoms with Gasteiger partial charge in [0.1, 0.15) is 0 Å². The van der Waals surface area contributed by atoms with Crippen LogP contribution in [0.2, 0.25) is 5.02 Å². The van der Waals surface area contributed by atoms with Crippen molar-refractivity contribution < 1.29 is 14.4 Å². The van der Waals surface area contributed by atoms with Gasteiger partial charge >= 0.3 is 0 Å². The minimum atomic E-state index is -0.484. The number of rotatable bonds is 5. The smallest absolute Gasteiger partial charge is 0.253 e. The van der Waals surface area contributed by atoms with Crippen LogP contribution < -0.4 is 15.5 Å². The van der Waals surface area contributed by atoms with E-state index in [1.54, 1.807) is 53.4 Å². The van der Waals surface area contributed by atoms with E-state index in [-0.39, 0.29) is 30.2 Å². The van der Waals surface area contributed by atoms with Gasteiger partial charge in [0.2, 0.25) is 11.8 Å². The molecule has 1 saturated heterocycles. The fourth-order valence-corrected chi connectivity index (χ4v) is 3.40. The SMILES string of the molecule is O=C(NC1CC1)c1ccccc1NC(=O)[C@H]1CC(=O)N(c2ccc(Cl)cc2)C1. The zero-order chi connectivity index (χ0) is 19.7. The molecule has 2 aliphatic rings. The van der Waals surface area contributed by atoms with Crippen molar-refractivity contribution in [3.8, 4) is 0 Å². The van der Waals surface area contributed by atoms with Crippen LogP contribution in [-0.2, 0) is 9.59 Å². The Hall–Kier alpha value is -2.86. The van der Waals surface area contributed by atoms with Crippen LogP contribution in [0.25, 0.3) is 0 Å². The Bertz CT molecular complexity index is 925. The number of carbonyl (C=O) groups excluding carboxylic acids is 3. The molecule has 4 rings (SSSR count). The van der Waals surface area contributed by atoms with Gasteiger partial charge < -0.3 is 15.5 Å². The summed E-state index contributed by atoms with van der Waals surface area (Å²) in [5.41, 5.74) is 1.61. The monoisotopic (exact) mass is 397 g/mol. The molecule has 7 heteroatoms. The van der Waals surface area contributed by atoms with Crippen molar-refractivity contribution in [2.45, 2.75) is 25.3 Å². The number of hydrogen-bond donors (Lipinski definition) is 2. The second-order valence-electron chi connectivity index (χ2n) is 7.16. The highest BCUT2D eigenvalue weighted by Gasteiger charge is 2.35. The minimum absolute atomic E-state index is 0.109. The summed E-state index contributed by atoms with van der Waals surface area (Å²) < 4.78 is 0. The van der Waals surface area contributed by atoms with E-state index in [0.29, 0.717) is 28.5 Å². The van der Waals surface area contributed by atoms with Gasteiger partial charge in [-0.3, -0.25) is 14.4 Å². The highest BCUT2D eigenvalue weighted by molar-refractivity contribution is 6.30. The van der Waals surface area contributed by atoms with E-state index in [2.05, 4.69) is 10.6 Å². The summed E-state index contributed by atoms with van der Waals surface area (Å²) in [6.07, 6.45) is 2.11. The summed E-state index contributed by atoms with van der Waals surface area (Å²) in [5.74, 6) is -1.05. The largest absolute Gasteiger partial charge is 0.349 e. The van der Waals surface area contributed by atoms with E-state index in [1.807, 2.05) is 0 Å². The summed E-state index contributed by atoms with van der Waals surface area (Å²) in [5, 5.41) is 6.35. The Labute approximate surface area is 167 Å². The van der Waals surface area contributed by atoms with Crippen molar-refractivity contribution in [2.24, 2.45) is 5.92 Å². The zero-order valence-electron chi connectivity index (χ0n) is 15.2. The first-order valence-electron chi connectivity index (χ1n) is 9.28. The fourth-order valence-electron chi connectivity index (χ4n) is 3.27. The molecule has 1 heterocycles. The third-order valence-electron chi connectivity index (χ3n) is 4.98. The van der Waals surface area contributed by atoms with Crippen LogP contribution in [0.5, 0.6) is 0 Å². The highest BCUT2D eigenvalue weighted by atomic mass is 35.5.